The number of rotatable bonds is 8. The van der Waals surface area contributed by atoms with Crippen molar-refractivity contribution < 1.29 is 4.79 Å². The summed E-state index contributed by atoms with van der Waals surface area (Å²) < 4.78 is 2.75. The fourth-order valence-corrected chi connectivity index (χ4v) is 12.0. The minimum absolute atomic E-state index is 0.192. The summed E-state index contributed by atoms with van der Waals surface area (Å²) in [5, 5.41) is 0. The molecule has 0 bridgehead atoms. The highest BCUT2D eigenvalue weighted by atomic mass is 28.4. The summed E-state index contributed by atoms with van der Waals surface area (Å²) in [6.07, 6.45) is 5.32. The average molecular weight is 300 g/mol. The maximum Gasteiger partial charge on any atom is 0.152 e. The molecule has 0 amide bonds. The van der Waals surface area contributed by atoms with Gasteiger partial charge in [0.1, 0.15) is 16.5 Å². The molecule has 0 heterocycles. The Morgan fingerprint density at radius 3 is 1.84 bits per heavy atom. The van der Waals surface area contributed by atoms with E-state index < -0.39 is 16.5 Å². The first-order valence-corrected chi connectivity index (χ1v) is 14.4. The summed E-state index contributed by atoms with van der Waals surface area (Å²) in [6.45, 7) is 19.4. The summed E-state index contributed by atoms with van der Waals surface area (Å²) in [5.74, 6) is 0.192. The molecule has 0 unspecified atom stereocenters. The number of hydrogen-bond donors (Lipinski definition) is 0. The van der Waals surface area contributed by atoms with Crippen molar-refractivity contribution in [1.82, 2.24) is 4.23 Å². The van der Waals surface area contributed by atoms with Crippen LogP contribution in [0.2, 0.25) is 39.3 Å². The van der Waals surface area contributed by atoms with Gasteiger partial charge in [0, 0.05) is 6.54 Å². The van der Waals surface area contributed by atoms with Gasteiger partial charge in [-0.3, -0.25) is 4.79 Å². The standard InChI is InChI=1S/C15H33NOSi2/c1-9-10-11-15(12-14(2)17)13-16(18(3,4)5)19(6,7)8/h12H,9-11,13H2,1-8H3/b15-12+. The number of ketones is 1. The second kappa shape index (κ2) is 7.55. The molecule has 19 heavy (non-hydrogen) atoms. The third-order valence-corrected chi connectivity index (χ3v) is 10.8. The molecule has 0 aliphatic rings. The Balaban J connectivity index is 5.10. The van der Waals surface area contributed by atoms with Crippen molar-refractivity contribution in [2.75, 3.05) is 6.54 Å². The van der Waals surface area contributed by atoms with Crippen molar-refractivity contribution in [3.8, 4) is 0 Å². The SMILES string of the molecule is CCCC/C(=C\C(C)=O)CN([Si](C)(C)C)[Si](C)(C)C. The molecule has 0 aliphatic heterocycles. The zero-order valence-electron chi connectivity index (χ0n) is 14.3. The third-order valence-electron chi connectivity index (χ3n) is 3.24. The lowest BCUT2D eigenvalue weighted by atomic mass is 10.1. The van der Waals surface area contributed by atoms with E-state index in [1.807, 2.05) is 6.08 Å². The summed E-state index contributed by atoms with van der Waals surface area (Å²) in [7, 11) is -2.66. The van der Waals surface area contributed by atoms with Gasteiger partial charge in [-0.25, -0.2) is 0 Å². The molecule has 0 fully saturated rings. The van der Waals surface area contributed by atoms with Crippen LogP contribution < -0.4 is 0 Å². The smallest absolute Gasteiger partial charge is 0.152 e. The van der Waals surface area contributed by atoms with E-state index in [4.69, 9.17) is 0 Å². The molecule has 0 aromatic heterocycles. The summed E-state index contributed by atoms with van der Waals surface area (Å²) in [6, 6.07) is 0. The van der Waals surface area contributed by atoms with E-state index in [1.165, 1.54) is 18.4 Å². The summed E-state index contributed by atoms with van der Waals surface area (Å²) in [4.78, 5) is 11.4. The maximum absolute atomic E-state index is 11.4. The zero-order chi connectivity index (χ0) is 15.3. The molecule has 0 N–H and O–H groups in total. The number of nitrogens with zero attached hydrogens (tertiary/aromatic N) is 1. The first kappa shape index (κ1) is 18.8. The number of allylic oxidation sites excluding steroid dienone is 1. The van der Waals surface area contributed by atoms with Crippen molar-refractivity contribution in [2.24, 2.45) is 0 Å². The normalized spacial score (nSPS) is 14.1. The molecule has 0 saturated carbocycles. The Labute approximate surface area is 122 Å². The Bertz CT molecular complexity index is 310. The Morgan fingerprint density at radius 2 is 1.53 bits per heavy atom. The second-order valence-electron chi connectivity index (χ2n) is 7.44. The highest BCUT2D eigenvalue weighted by Crippen LogP contribution is 2.23. The molecule has 0 atom stereocenters. The van der Waals surface area contributed by atoms with Crippen LogP contribution in [0.3, 0.4) is 0 Å². The fourth-order valence-electron chi connectivity index (χ4n) is 2.57. The van der Waals surface area contributed by atoms with Gasteiger partial charge in [-0.1, -0.05) is 58.2 Å². The van der Waals surface area contributed by atoms with Gasteiger partial charge < -0.3 is 4.23 Å². The van der Waals surface area contributed by atoms with Crippen molar-refractivity contribution in [3.63, 3.8) is 0 Å². The molecule has 0 aliphatic carbocycles. The first-order chi connectivity index (χ1) is 8.48. The molecule has 2 nitrogen and oxygen atoms in total. The molecule has 0 saturated heterocycles. The van der Waals surface area contributed by atoms with Crippen molar-refractivity contribution in [3.05, 3.63) is 11.6 Å². The van der Waals surface area contributed by atoms with E-state index in [2.05, 4.69) is 50.4 Å². The van der Waals surface area contributed by atoms with Gasteiger partial charge in [-0.15, -0.1) is 0 Å². The number of unbranched alkanes of at least 4 members (excludes halogenated alkanes) is 1. The first-order valence-electron chi connectivity index (χ1n) is 7.46. The minimum Gasteiger partial charge on any atom is -0.342 e. The van der Waals surface area contributed by atoms with E-state index in [1.54, 1.807) is 6.92 Å². The molecule has 4 heteroatoms. The monoisotopic (exact) mass is 299 g/mol. The highest BCUT2D eigenvalue weighted by molar-refractivity contribution is 6.89. The average Bonchev–Trinajstić information content (AvgIpc) is 2.17. The van der Waals surface area contributed by atoms with Gasteiger partial charge in [0.2, 0.25) is 0 Å². The van der Waals surface area contributed by atoms with Crippen LogP contribution in [0.5, 0.6) is 0 Å². The largest absolute Gasteiger partial charge is 0.342 e. The van der Waals surface area contributed by atoms with E-state index in [-0.39, 0.29) is 5.78 Å². The number of hydrogen-bond acceptors (Lipinski definition) is 2. The predicted octanol–water partition coefficient (Wildman–Crippen LogP) is 4.66. The van der Waals surface area contributed by atoms with Crippen LogP contribution in [0.1, 0.15) is 33.1 Å². The fraction of sp³-hybridized carbons (Fsp3) is 0.800. The molecule has 112 valence electrons. The maximum atomic E-state index is 11.4. The quantitative estimate of drug-likeness (QED) is 0.480. The van der Waals surface area contributed by atoms with Crippen molar-refractivity contribution in [2.45, 2.75) is 72.4 Å². The van der Waals surface area contributed by atoms with Crippen LogP contribution in [-0.2, 0) is 4.79 Å². The van der Waals surface area contributed by atoms with E-state index in [0.717, 1.165) is 13.0 Å². The van der Waals surface area contributed by atoms with Crippen LogP contribution in [-0.4, -0.2) is 33.0 Å². The Kier molecular flexibility index (Phi) is 7.47. The van der Waals surface area contributed by atoms with Gasteiger partial charge >= 0.3 is 0 Å². The molecular formula is C15H33NOSi2. The summed E-state index contributed by atoms with van der Waals surface area (Å²) >= 11 is 0. The van der Waals surface area contributed by atoms with E-state index in [9.17, 15) is 4.79 Å². The summed E-state index contributed by atoms with van der Waals surface area (Å²) in [5.41, 5.74) is 1.33. The van der Waals surface area contributed by atoms with E-state index >= 15 is 0 Å². The Morgan fingerprint density at radius 1 is 1.05 bits per heavy atom. The molecule has 0 aromatic carbocycles. The molecule has 0 aromatic rings. The molecule has 0 spiro atoms. The zero-order valence-corrected chi connectivity index (χ0v) is 16.3. The third kappa shape index (κ3) is 7.85. The van der Waals surface area contributed by atoms with Crippen LogP contribution in [0.25, 0.3) is 0 Å². The predicted molar refractivity (Wildman–Crippen MR) is 91.7 cm³/mol. The Hall–Kier alpha value is -0.196. The van der Waals surface area contributed by atoms with Gasteiger partial charge in [0.05, 0.1) is 0 Å². The van der Waals surface area contributed by atoms with Crippen LogP contribution in [0.4, 0.5) is 0 Å². The lowest BCUT2D eigenvalue weighted by Gasteiger charge is -2.44. The van der Waals surface area contributed by atoms with Gasteiger partial charge in [0.25, 0.3) is 0 Å². The van der Waals surface area contributed by atoms with Gasteiger partial charge in [-0.05, 0) is 25.8 Å². The van der Waals surface area contributed by atoms with Gasteiger partial charge in [0.15, 0.2) is 5.78 Å². The van der Waals surface area contributed by atoms with Crippen molar-refractivity contribution >= 4 is 22.3 Å². The minimum atomic E-state index is -1.33. The molecule has 0 radical (unpaired) electrons. The molecule has 0 rings (SSSR count). The van der Waals surface area contributed by atoms with Crippen LogP contribution >= 0.6 is 0 Å². The second-order valence-corrected chi connectivity index (χ2v) is 17.7. The van der Waals surface area contributed by atoms with E-state index in [0.29, 0.717) is 0 Å². The number of carbonyl (C=O) groups excluding carboxylic acids is 1. The van der Waals surface area contributed by atoms with Gasteiger partial charge in [-0.2, -0.15) is 0 Å². The van der Waals surface area contributed by atoms with Crippen LogP contribution in [0.15, 0.2) is 11.6 Å². The van der Waals surface area contributed by atoms with Crippen molar-refractivity contribution in [1.29, 1.82) is 0 Å². The van der Waals surface area contributed by atoms with Crippen LogP contribution in [0, 0.1) is 0 Å². The number of carbonyl (C=O) groups is 1. The molecular weight excluding hydrogens is 266 g/mol. The lowest BCUT2D eigenvalue weighted by Crippen LogP contribution is -2.59. The lowest BCUT2D eigenvalue weighted by molar-refractivity contribution is -0.112. The topological polar surface area (TPSA) is 20.3 Å². The highest BCUT2D eigenvalue weighted by Gasteiger charge is 2.34.